The molecule has 0 aromatic carbocycles. The Hall–Kier alpha value is -0.780. The SMILES string of the molecule is CC1(c2nc(=S)c3c([nH]2)CCNC3)CCCCO1. The normalized spacial score (nSPS) is 27.8. The minimum Gasteiger partial charge on any atom is -0.367 e. The number of hydrogen-bond donors (Lipinski definition) is 2. The maximum atomic E-state index is 5.94. The summed E-state index contributed by atoms with van der Waals surface area (Å²) in [6.45, 7) is 4.76. The van der Waals surface area contributed by atoms with Crippen LogP contribution in [-0.4, -0.2) is 23.1 Å². The predicted molar refractivity (Wildman–Crippen MR) is 72.0 cm³/mol. The topological polar surface area (TPSA) is 49.9 Å². The molecule has 98 valence electrons. The molecule has 1 atom stereocenters. The van der Waals surface area contributed by atoms with Crippen molar-refractivity contribution in [1.29, 1.82) is 0 Å². The van der Waals surface area contributed by atoms with Gasteiger partial charge in [-0.05, 0) is 26.2 Å². The molecule has 1 aromatic heterocycles. The zero-order chi connectivity index (χ0) is 12.6. The van der Waals surface area contributed by atoms with Gasteiger partial charge in [-0.15, -0.1) is 0 Å². The van der Waals surface area contributed by atoms with Crippen molar-refractivity contribution >= 4 is 12.2 Å². The lowest BCUT2D eigenvalue weighted by Crippen LogP contribution is -2.34. The molecule has 2 N–H and O–H groups in total. The van der Waals surface area contributed by atoms with Crippen LogP contribution >= 0.6 is 12.2 Å². The molecular formula is C13H19N3OS. The number of hydrogen-bond acceptors (Lipinski definition) is 4. The number of fused-ring (bicyclic) bond motifs is 1. The maximum absolute atomic E-state index is 5.94. The van der Waals surface area contributed by atoms with E-state index >= 15 is 0 Å². The monoisotopic (exact) mass is 265 g/mol. The summed E-state index contributed by atoms with van der Waals surface area (Å²) in [5.41, 5.74) is 2.10. The largest absolute Gasteiger partial charge is 0.367 e. The van der Waals surface area contributed by atoms with Crippen molar-refractivity contribution in [2.45, 2.75) is 44.8 Å². The molecule has 1 aromatic rings. The number of H-pyrrole nitrogens is 1. The predicted octanol–water partition coefficient (Wildman–Crippen LogP) is 2.20. The Morgan fingerprint density at radius 2 is 2.28 bits per heavy atom. The second kappa shape index (κ2) is 4.72. The highest BCUT2D eigenvalue weighted by Crippen LogP contribution is 2.33. The molecule has 0 radical (unpaired) electrons. The van der Waals surface area contributed by atoms with Gasteiger partial charge >= 0.3 is 0 Å². The van der Waals surface area contributed by atoms with Crippen LogP contribution in [0.2, 0.25) is 0 Å². The zero-order valence-electron chi connectivity index (χ0n) is 10.7. The lowest BCUT2D eigenvalue weighted by molar-refractivity contribution is -0.0762. The number of ether oxygens (including phenoxy) is 1. The fourth-order valence-corrected chi connectivity index (χ4v) is 3.02. The third kappa shape index (κ3) is 2.11. The maximum Gasteiger partial charge on any atom is 0.140 e. The molecule has 2 aliphatic heterocycles. The second-order valence-corrected chi connectivity index (χ2v) is 5.70. The van der Waals surface area contributed by atoms with Crippen molar-refractivity contribution in [2.75, 3.05) is 13.2 Å². The van der Waals surface area contributed by atoms with Crippen LogP contribution in [-0.2, 0) is 23.3 Å². The third-order valence-corrected chi connectivity index (χ3v) is 4.27. The standard InChI is InChI=1S/C13H19N3OS/c1-13(5-2-3-7-17-13)12-15-10-4-6-14-8-9(10)11(18)16-12/h14H,2-8H2,1H3,(H,15,16,18). The lowest BCUT2D eigenvalue weighted by atomic mass is 9.94. The summed E-state index contributed by atoms with van der Waals surface area (Å²) in [4.78, 5) is 8.05. The molecular weight excluding hydrogens is 246 g/mol. The van der Waals surface area contributed by atoms with Crippen LogP contribution in [0.5, 0.6) is 0 Å². The Balaban J connectivity index is 2.02. The number of rotatable bonds is 1. The second-order valence-electron chi connectivity index (χ2n) is 5.31. The minimum atomic E-state index is -0.286. The molecule has 2 aliphatic rings. The van der Waals surface area contributed by atoms with E-state index in [-0.39, 0.29) is 5.60 Å². The molecule has 0 bridgehead atoms. The first-order chi connectivity index (χ1) is 8.69. The van der Waals surface area contributed by atoms with Gasteiger partial charge in [0.15, 0.2) is 0 Å². The van der Waals surface area contributed by atoms with Crippen molar-refractivity contribution in [1.82, 2.24) is 15.3 Å². The number of aromatic amines is 1. The van der Waals surface area contributed by atoms with Gasteiger partial charge in [-0.3, -0.25) is 0 Å². The molecule has 1 saturated heterocycles. The van der Waals surface area contributed by atoms with Gasteiger partial charge in [-0.1, -0.05) is 12.2 Å². The summed E-state index contributed by atoms with van der Waals surface area (Å²) in [5, 5.41) is 3.33. The van der Waals surface area contributed by atoms with Gasteiger partial charge in [0.25, 0.3) is 0 Å². The van der Waals surface area contributed by atoms with Gasteiger partial charge < -0.3 is 15.0 Å². The highest BCUT2D eigenvalue weighted by atomic mass is 32.1. The number of aromatic nitrogens is 2. The Morgan fingerprint density at radius 1 is 1.39 bits per heavy atom. The molecule has 3 heterocycles. The first-order valence-corrected chi connectivity index (χ1v) is 7.07. The van der Waals surface area contributed by atoms with Crippen LogP contribution in [0.25, 0.3) is 0 Å². The summed E-state index contributed by atoms with van der Waals surface area (Å²) in [6, 6.07) is 0. The van der Waals surface area contributed by atoms with E-state index in [1.165, 1.54) is 12.1 Å². The van der Waals surface area contributed by atoms with Gasteiger partial charge in [-0.2, -0.15) is 0 Å². The van der Waals surface area contributed by atoms with Gasteiger partial charge in [0, 0.05) is 37.4 Å². The number of nitrogens with zero attached hydrogens (tertiary/aromatic N) is 1. The van der Waals surface area contributed by atoms with Crippen LogP contribution in [0.1, 0.15) is 43.3 Å². The summed E-state index contributed by atoms with van der Waals surface area (Å²) in [7, 11) is 0. The highest BCUT2D eigenvalue weighted by Gasteiger charge is 2.33. The average molecular weight is 265 g/mol. The van der Waals surface area contributed by atoms with E-state index in [0.29, 0.717) is 0 Å². The molecule has 0 aliphatic carbocycles. The summed E-state index contributed by atoms with van der Waals surface area (Å²) in [6.07, 6.45) is 4.34. The Labute approximate surface area is 112 Å². The van der Waals surface area contributed by atoms with Crippen molar-refractivity contribution in [3.63, 3.8) is 0 Å². The molecule has 0 spiro atoms. The van der Waals surface area contributed by atoms with Gasteiger partial charge in [0.05, 0.1) is 0 Å². The lowest BCUT2D eigenvalue weighted by Gasteiger charge is -2.33. The average Bonchev–Trinajstić information content (AvgIpc) is 2.39. The molecule has 18 heavy (non-hydrogen) atoms. The molecule has 4 nitrogen and oxygen atoms in total. The quantitative estimate of drug-likeness (QED) is 0.764. The van der Waals surface area contributed by atoms with Crippen LogP contribution in [0.15, 0.2) is 0 Å². The Morgan fingerprint density at radius 3 is 3.06 bits per heavy atom. The smallest absolute Gasteiger partial charge is 0.140 e. The van der Waals surface area contributed by atoms with E-state index in [9.17, 15) is 0 Å². The molecule has 0 amide bonds. The van der Waals surface area contributed by atoms with E-state index in [1.54, 1.807) is 0 Å². The van der Waals surface area contributed by atoms with Crippen LogP contribution in [0.3, 0.4) is 0 Å². The first-order valence-electron chi connectivity index (χ1n) is 6.66. The number of nitrogens with one attached hydrogen (secondary N) is 2. The molecule has 1 fully saturated rings. The van der Waals surface area contributed by atoms with Crippen molar-refractivity contribution in [3.8, 4) is 0 Å². The van der Waals surface area contributed by atoms with Crippen molar-refractivity contribution in [3.05, 3.63) is 21.7 Å². The molecule has 5 heteroatoms. The van der Waals surface area contributed by atoms with Crippen LogP contribution in [0, 0.1) is 4.64 Å². The van der Waals surface area contributed by atoms with E-state index in [4.69, 9.17) is 17.0 Å². The first kappa shape index (κ1) is 12.3. The van der Waals surface area contributed by atoms with E-state index < -0.39 is 0 Å². The molecule has 3 rings (SSSR count). The fraction of sp³-hybridized carbons (Fsp3) is 0.692. The fourth-order valence-electron chi connectivity index (χ4n) is 2.74. The van der Waals surface area contributed by atoms with Crippen LogP contribution in [0.4, 0.5) is 0 Å². The molecule has 1 unspecified atom stereocenters. The molecule has 0 saturated carbocycles. The van der Waals surface area contributed by atoms with Gasteiger partial charge in [0.1, 0.15) is 16.1 Å². The zero-order valence-corrected chi connectivity index (χ0v) is 11.5. The Bertz CT molecular complexity index is 505. The minimum absolute atomic E-state index is 0.286. The summed E-state index contributed by atoms with van der Waals surface area (Å²) < 4.78 is 6.67. The van der Waals surface area contributed by atoms with E-state index in [0.717, 1.165) is 55.0 Å². The van der Waals surface area contributed by atoms with Gasteiger partial charge in [0.2, 0.25) is 0 Å². The van der Waals surface area contributed by atoms with Crippen molar-refractivity contribution in [2.24, 2.45) is 0 Å². The summed E-state index contributed by atoms with van der Waals surface area (Å²) >= 11 is 5.42. The van der Waals surface area contributed by atoms with Gasteiger partial charge in [-0.25, -0.2) is 4.98 Å². The highest BCUT2D eigenvalue weighted by molar-refractivity contribution is 7.71. The van der Waals surface area contributed by atoms with Crippen LogP contribution < -0.4 is 5.32 Å². The summed E-state index contributed by atoms with van der Waals surface area (Å²) in [5.74, 6) is 0.910. The Kier molecular flexibility index (Phi) is 3.21. The third-order valence-electron chi connectivity index (χ3n) is 3.93. The van der Waals surface area contributed by atoms with E-state index in [2.05, 4.69) is 22.2 Å². The van der Waals surface area contributed by atoms with Crippen molar-refractivity contribution < 1.29 is 4.74 Å². The van der Waals surface area contributed by atoms with E-state index in [1.807, 2.05) is 0 Å².